The second-order valence-corrected chi connectivity index (χ2v) is 6.53. The lowest BCUT2D eigenvalue weighted by Crippen LogP contribution is -2.34. The Bertz CT molecular complexity index is 951. The van der Waals surface area contributed by atoms with E-state index < -0.39 is 0 Å². The number of benzene rings is 2. The van der Waals surface area contributed by atoms with Gasteiger partial charge >= 0.3 is 0 Å². The van der Waals surface area contributed by atoms with E-state index in [1.165, 1.54) is 14.0 Å². The normalized spacial score (nSPS) is 10.4. The van der Waals surface area contributed by atoms with Gasteiger partial charge in [0.15, 0.2) is 23.9 Å². The van der Waals surface area contributed by atoms with Crippen LogP contribution in [0, 0.1) is 0 Å². The smallest absolute Gasteiger partial charge is 0.261 e. The summed E-state index contributed by atoms with van der Waals surface area (Å²) in [4.78, 5) is 26.1. The predicted octanol–water partition coefficient (Wildman–Crippen LogP) is 4.10. The molecule has 0 bridgehead atoms. The number of methoxy groups -OCH3 is 1. The van der Waals surface area contributed by atoms with Crippen molar-refractivity contribution in [3.05, 3.63) is 83.8 Å². The van der Waals surface area contributed by atoms with E-state index in [1.54, 1.807) is 35.4 Å². The predicted molar refractivity (Wildman–Crippen MR) is 108 cm³/mol. The molecule has 0 saturated heterocycles. The first-order chi connectivity index (χ1) is 14.1. The number of carbonyl (C=O) groups is 2. The summed E-state index contributed by atoms with van der Waals surface area (Å²) in [7, 11) is 1.49. The van der Waals surface area contributed by atoms with Gasteiger partial charge < -0.3 is 18.8 Å². The summed E-state index contributed by atoms with van der Waals surface area (Å²) < 4.78 is 16.4. The van der Waals surface area contributed by atoms with Crippen molar-refractivity contribution in [2.45, 2.75) is 20.0 Å². The van der Waals surface area contributed by atoms with E-state index in [-0.39, 0.29) is 18.3 Å². The molecule has 6 heteroatoms. The minimum Gasteiger partial charge on any atom is -0.493 e. The Hall–Kier alpha value is -3.54. The van der Waals surface area contributed by atoms with Gasteiger partial charge in [0.25, 0.3) is 5.91 Å². The molecule has 3 aromatic rings. The van der Waals surface area contributed by atoms with Gasteiger partial charge in [-0.1, -0.05) is 30.3 Å². The lowest BCUT2D eigenvalue weighted by Gasteiger charge is -2.22. The van der Waals surface area contributed by atoms with Crippen LogP contribution in [0.5, 0.6) is 11.5 Å². The Morgan fingerprint density at radius 3 is 2.41 bits per heavy atom. The highest BCUT2D eigenvalue weighted by Crippen LogP contribution is 2.28. The summed E-state index contributed by atoms with van der Waals surface area (Å²) >= 11 is 0. The SMILES string of the molecule is COc1cc(C(C)=O)ccc1OCC(=O)N(Cc1ccccc1)Cc1ccco1. The number of hydrogen-bond donors (Lipinski definition) is 0. The minimum absolute atomic E-state index is 0.0709. The van der Waals surface area contributed by atoms with Crippen molar-refractivity contribution in [1.29, 1.82) is 0 Å². The fourth-order valence-corrected chi connectivity index (χ4v) is 2.86. The van der Waals surface area contributed by atoms with E-state index in [0.29, 0.717) is 35.9 Å². The van der Waals surface area contributed by atoms with E-state index in [0.717, 1.165) is 5.56 Å². The molecule has 6 nitrogen and oxygen atoms in total. The van der Waals surface area contributed by atoms with Crippen molar-refractivity contribution in [1.82, 2.24) is 4.90 Å². The second kappa shape index (κ2) is 9.59. The highest BCUT2D eigenvalue weighted by molar-refractivity contribution is 5.94. The van der Waals surface area contributed by atoms with Crippen molar-refractivity contribution >= 4 is 11.7 Å². The van der Waals surface area contributed by atoms with Crippen LogP contribution in [0.25, 0.3) is 0 Å². The average molecular weight is 393 g/mol. The van der Waals surface area contributed by atoms with Gasteiger partial charge in [-0.05, 0) is 42.8 Å². The van der Waals surface area contributed by atoms with Crippen LogP contribution >= 0.6 is 0 Å². The van der Waals surface area contributed by atoms with Gasteiger partial charge in [-0.2, -0.15) is 0 Å². The van der Waals surface area contributed by atoms with Gasteiger partial charge in [-0.3, -0.25) is 9.59 Å². The van der Waals surface area contributed by atoms with Gasteiger partial charge in [0.1, 0.15) is 5.76 Å². The first-order valence-electron chi connectivity index (χ1n) is 9.22. The fraction of sp³-hybridized carbons (Fsp3) is 0.217. The number of Topliss-reactive ketones (excluding diaryl/α,β-unsaturated/α-hetero) is 1. The fourth-order valence-electron chi connectivity index (χ4n) is 2.86. The van der Waals surface area contributed by atoms with Gasteiger partial charge in [0.05, 0.1) is 19.9 Å². The molecule has 0 aliphatic carbocycles. The molecule has 0 fully saturated rings. The lowest BCUT2D eigenvalue weighted by molar-refractivity contribution is -0.134. The summed E-state index contributed by atoms with van der Waals surface area (Å²) in [6.45, 7) is 2.09. The Labute approximate surface area is 169 Å². The molecule has 0 saturated carbocycles. The van der Waals surface area contributed by atoms with Crippen LogP contribution in [-0.2, 0) is 17.9 Å². The van der Waals surface area contributed by atoms with Crippen molar-refractivity contribution in [3.63, 3.8) is 0 Å². The molecule has 0 N–H and O–H groups in total. The van der Waals surface area contributed by atoms with Crippen LogP contribution in [0.1, 0.15) is 28.6 Å². The molecule has 0 aliphatic rings. The third kappa shape index (κ3) is 5.48. The first kappa shape index (κ1) is 20.2. The molecule has 150 valence electrons. The zero-order valence-electron chi connectivity index (χ0n) is 16.5. The maximum absolute atomic E-state index is 12.9. The molecule has 0 aliphatic heterocycles. The van der Waals surface area contributed by atoms with Crippen LogP contribution < -0.4 is 9.47 Å². The monoisotopic (exact) mass is 393 g/mol. The quantitative estimate of drug-likeness (QED) is 0.512. The van der Waals surface area contributed by atoms with E-state index in [2.05, 4.69) is 0 Å². The third-order valence-corrected chi connectivity index (χ3v) is 4.42. The van der Waals surface area contributed by atoms with Crippen LogP contribution in [0.4, 0.5) is 0 Å². The molecular weight excluding hydrogens is 370 g/mol. The highest BCUT2D eigenvalue weighted by Gasteiger charge is 2.18. The minimum atomic E-state index is -0.192. The topological polar surface area (TPSA) is 69.0 Å². The van der Waals surface area contributed by atoms with Crippen molar-refractivity contribution in [2.75, 3.05) is 13.7 Å². The molecule has 1 amide bonds. The van der Waals surface area contributed by atoms with Crippen LogP contribution in [-0.4, -0.2) is 30.3 Å². The molecule has 0 radical (unpaired) electrons. The van der Waals surface area contributed by atoms with Crippen molar-refractivity contribution < 1.29 is 23.5 Å². The van der Waals surface area contributed by atoms with Gasteiger partial charge in [0, 0.05) is 12.1 Å². The van der Waals surface area contributed by atoms with E-state index in [9.17, 15) is 9.59 Å². The largest absolute Gasteiger partial charge is 0.493 e. The van der Waals surface area contributed by atoms with Crippen LogP contribution in [0.3, 0.4) is 0 Å². The van der Waals surface area contributed by atoms with E-state index in [1.807, 2.05) is 36.4 Å². The number of nitrogens with zero attached hydrogens (tertiary/aromatic N) is 1. The Kier molecular flexibility index (Phi) is 6.68. The second-order valence-electron chi connectivity index (χ2n) is 6.53. The number of furan rings is 1. The number of ketones is 1. The molecule has 0 unspecified atom stereocenters. The van der Waals surface area contributed by atoms with Crippen molar-refractivity contribution in [2.24, 2.45) is 0 Å². The molecule has 3 rings (SSSR count). The average Bonchev–Trinajstić information content (AvgIpc) is 3.25. The van der Waals surface area contributed by atoms with Gasteiger partial charge in [-0.25, -0.2) is 0 Å². The molecule has 29 heavy (non-hydrogen) atoms. The molecule has 1 aromatic heterocycles. The van der Waals surface area contributed by atoms with E-state index >= 15 is 0 Å². The number of hydrogen-bond acceptors (Lipinski definition) is 5. The Morgan fingerprint density at radius 2 is 1.76 bits per heavy atom. The summed E-state index contributed by atoms with van der Waals surface area (Å²) in [5.41, 5.74) is 1.53. The van der Waals surface area contributed by atoms with Gasteiger partial charge in [-0.15, -0.1) is 0 Å². The first-order valence-corrected chi connectivity index (χ1v) is 9.22. The standard InChI is InChI=1S/C23H23NO5/c1-17(25)19-10-11-21(22(13-19)27-2)29-16-23(26)24(15-20-9-6-12-28-20)14-18-7-4-3-5-8-18/h3-13H,14-16H2,1-2H3. The molecule has 1 heterocycles. The number of rotatable bonds is 9. The summed E-state index contributed by atoms with van der Waals surface area (Å²) in [6, 6.07) is 18.2. The number of ether oxygens (including phenoxy) is 2. The van der Waals surface area contributed by atoms with E-state index in [4.69, 9.17) is 13.9 Å². The summed E-state index contributed by atoms with van der Waals surface area (Å²) in [6.07, 6.45) is 1.58. The maximum Gasteiger partial charge on any atom is 0.261 e. The van der Waals surface area contributed by atoms with Crippen LogP contribution in [0.2, 0.25) is 0 Å². The molecule has 2 aromatic carbocycles. The zero-order valence-corrected chi connectivity index (χ0v) is 16.5. The Morgan fingerprint density at radius 1 is 0.966 bits per heavy atom. The maximum atomic E-state index is 12.9. The lowest BCUT2D eigenvalue weighted by atomic mass is 10.1. The summed E-state index contributed by atoms with van der Waals surface area (Å²) in [5, 5.41) is 0. The zero-order chi connectivity index (χ0) is 20.6. The van der Waals surface area contributed by atoms with Crippen molar-refractivity contribution in [3.8, 4) is 11.5 Å². The molecular formula is C23H23NO5. The Balaban J connectivity index is 1.71. The molecule has 0 atom stereocenters. The molecule has 0 spiro atoms. The number of amides is 1. The summed E-state index contributed by atoms with van der Waals surface area (Å²) in [5.74, 6) is 1.24. The van der Waals surface area contributed by atoms with Gasteiger partial charge in [0.2, 0.25) is 0 Å². The number of carbonyl (C=O) groups excluding carboxylic acids is 2. The highest BCUT2D eigenvalue weighted by atomic mass is 16.5. The van der Waals surface area contributed by atoms with Crippen LogP contribution in [0.15, 0.2) is 71.3 Å². The third-order valence-electron chi connectivity index (χ3n) is 4.42.